The standard InChI is InChI=1S/C11H22N2O/c1-13(11(14)6-8-12)9-7-10-4-2-3-5-10/h10H,2-9,12H2,1H3. The highest BCUT2D eigenvalue weighted by Gasteiger charge is 2.16. The molecule has 0 unspecified atom stereocenters. The highest BCUT2D eigenvalue weighted by atomic mass is 16.2. The maximum atomic E-state index is 11.4. The monoisotopic (exact) mass is 198 g/mol. The molecule has 0 atom stereocenters. The Kier molecular flexibility index (Phi) is 4.94. The number of amides is 1. The van der Waals surface area contributed by atoms with Crippen molar-refractivity contribution in [3.63, 3.8) is 0 Å². The van der Waals surface area contributed by atoms with E-state index in [4.69, 9.17) is 5.73 Å². The molecule has 1 aliphatic carbocycles. The number of hydrogen-bond donors (Lipinski definition) is 1. The van der Waals surface area contributed by atoms with Gasteiger partial charge in [-0.1, -0.05) is 25.7 Å². The Hall–Kier alpha value is -0.570. The molecule has 0 spiro atoms. The number of nitrogens with zero attached hydrogens (tertiary/aromatic N) is 1. The topological polar surface area (TPSA) is 46.3 Å². The zero-order chi connectivity index (χ0) is 10.4. The molecule has 14 heavy (non-hydrogen) atoms. The number of hydrogen-bond acceptors (Lipinski definition) is 2. The van der Waals surface area contributed by atoms with Crippen molar-refractivity contribution in [2.45, 2.75) is 38.5 Å². The maximum absolute atomic E-state index is 11.4. The molecule has 0 aromatic heterocycles. The molecule has 1 rings (SSSR count). The summed E-state index contributed by atoms with van der Waals surface area (Å²) in [6.07, 6.45) is 7.14. The predicted molar refractivity (Wildman–Crippen MR) is 57.9 cm³/mol. The van der Waals surface area contributed by atoms with Gasteiger partial charge in [-0.25, -0.2) is 0 Å². The summed E-state index contributed by atoms with van der Waals surface area (Å²) >= 11 is 0. The van der Waals surface area contributed by atoms with Gasteiger partial charge in [-0.2, -0.15) is 0 Å². The van der Waals surface area contributed by atoms with E-state index in [9.17, 15) is 4.79 Å². The van der Waals surface area contributed by atoms with Crippen LogP contribution in [0.3, 0.4) is 0 Å². The maximum Gasteiger partial charge on any atom is 0.223 e. The summed E-state index contributed by atoms with van der Waals surface area (Å²) in [6.45, 7) is 1.37. The molecular formula is C11H22N2O. The van der Waals surface area contributed by atoms with Crippen molar-refractivity contribution < 1.29 is 4.79 Å². The predicted octanol–water partition coefficient (Wildman–Crippen LogP) is 1.37. The minimum atomic E-state index is 0.186. The summed E-state index contributed by atoms with van der Waals surface area (Å²) in [5.41, 5.74) is 5.34. The molecule has 0 aliphatic heterocycles. The van der Waals surface area contributed by atoms with E-state index in [1.165, 1.54) is 32.1 Å². The Bertz CT molecular complexity index is 176. The third kappa shape index (κ3) is 3.66. The first kappa shape index (κ1) is 11.5. The van der Waals surface area contributed by atoms with Gasteiger partial charge in [0.1, 0.15) is 0 Å². The van der Waals surface area contributed by atoms with Gasteiger partial charge in [0, 0.05) is 26.6 Å². The highest BCUT2D eigenvalue weighted by molar-refractivity contribution is 5.75. The van der Waals surface area contributed by atoms with Crippen LogP contribution in [0.4, 0.5) is 0 Å². The molecular weight excluding hydrogens is 176 g/mol. The van der Waals surface area contributed by atoms with Crippen molar-refractivity contribution in [3.05, 3.63) is 0 Å². The Morgan fingerprint density at radius 3 is 2.64 bits per heavy atom. The molecule has 0 heterocycles. The van der Waals surface area contributed by atoms with E-state index < -0.39 is 0 Å². The van der Waals surface area contributed by atoms with E-state index in [1.807, 2.05) is 11.9 Å². The van der Waals surface area contributed by atoms with Crippen LogP contribution in [-0.4, -0.2) is 30.9 Å². The third-order valence-corrected chi connectivity index (χ3v) is 3.13. The molecule has 0 bridgehead atoms. The van der Waals surface area contributed by atoms with E-state index in [0.29, 0.717) is 13.0 Å². The van der Waals surface area contributed by atoms with Gasteiger partial charge >= 0.3 is 0 Å². The summed E-state index contributed by atoms with van der Waals surface area (Å²) < 4.78 is 0. The zero-order valence-electron chi connectivity index (χ0n) is 9.17. The lowest BCUT2D eigenvalue weighted by molar-refractivity contribution is -0.129. The molecule has 1 saturated carbocycles. The Labute approximate surface area is 86.6 Å². The Morgan fingerprint density at radius 2 is 2.07 bits per heavy atom. The van der Waals surface area contributed by atoms with Crippen LogP contribution in [-0.2, 0) is 4.79 Å². The van der Waals surface area contributed by atoms with E-state index in [0.717, 1.165) is 12.5 Å². The number of nitrogens with two attached hydrogens (primary N) is 1. The van der Waals surface area contributed by atoms with Crippen LogP contribution < -0.4 is 5.73 Å². The van der Waals surface area contributed by atoms with Crippen molar-refractivity contribution in [2.75, 3.05) is 20.1 Å². The van der Waals surface area contributed by atoms with Crippen LogP contribution in [0.25, 0.3) is 0 Å². The van der Waals surface area contributed by atoms with Crippen LogP contribution in [0.5, 0.6) is 0 Å². The van der Waals surface area contributed by atoms with Crippen molar-refractivity contribution >= 4 is 5.91 Å². The second-order valence-electron chi connectivity index (χ2n) is 4.29. The second-order valence-corrected chi connectivity index (χ2v) is 4.29. The van der Waals surface area contributed by atoms with Crippen LogP contribution in [0.15, 0.2) is 0 Å². The molecule has 1 fully saturated rings. The summed E-state index contributed by atoms with van der Waals surface area (Å²) in [7, 11) is 1.88. The third-order valence-electron chi connectivity index (χ3n) is 3.13. The molecule has 1 aliphatic rings. The molecule has 0 saturated heterocycles. The van der Waals surface area contributed by atoms with Crippen molar-refractivity contribution in [3.8, 4) is 0 Å². The number of carbonyl (C=O) groups excluding carboxylic acids is 1. The molecule has 1 amide bonds. The minimum Gasteiger partial charge on any atom is -0.346 e. The lowest BCUT2D eigenvalue weighted by Crippen LogP contribution is -2.30. The molecule has 0 radical (unpaired) electrons. The Morgan fingerprint density at radius 1 is 1.43 bits per heavy atom. The van der Waals surface area contributed by atoms with Gasteiger partial charge in [-0.05, 0) is 12.3 Å². The highest BCUT2D eigenvalue weighted by Crippen LogP contribution is 2.27. The molecule has 3 nitrogen and oxygen atoms in total. The van der Waals surface area contributed by atoms with E-state index in [1.54, 1.807) is 0 Å². The van der Waals surface area contributed by atoms with Crippen molar-refractivity contribution in [1.29, 1.82) is 0 Å². The van der Waals surface area contributed by atoms with E-state index >= 15 is 0 Å². The van der Waals surface area contributed by atoms with Crippen molar-refractivity contribution in [2.24, 2.45) is 11.7 Å². The first-order valence-corrected chi connectivity index (χ1v) is 5.68. The normalized spacial score (nSPS) is 17.3. The van der Waals surface area contributed by atoms with E-state index in [2.05, 4.69) is 0 Å². The van der Waals surface area contributed by atoms with Crippen LogP contribution in [0.2, 0.25) is 0 Å². The van der Waals surface area contributed by atoms with Crippen LogP contribution >= 0.6 is 0 Å². The SMILES string of the molecule is CN(CCC1CCCC1)C(=O)CCN. The van der Waals surface area contributed by atoms with Crippen LogP contribution in [0.1, 0.15) is 38.5 Å². The van der Waals surface area contributed by atoms with Gasteiger partial charge in [-0.3, -0.25) is 4.79 Å². The molecule has 3 heteroatoms. The van der Waals surface area contributed by atoms with Gasteiger partial charge in [-0.15, -0.1) is 0 Å². The average Bonchev–Trinajstić information content (AvgIpc) is 2.67. The largest absolute Gasteiger partial charge is 0.346 e. The first-order valence-electron chi connectivity index (χ1n) is 5.68. The lowest BCUT2D eigenvalue weighted by atomic mass is 10.0. The van der Waals surface area contributed by atoms with Crippen LogP contribution in [0, 0.1) is 5.92 Å². The number of carbonyl (C=O) groups is 1. The first-order chi connectivity index (χ1) is 6.74. The van der Waals surface area contributed by atoms with E-state index in [-0.39, 0.29) is 5.91 Å². The van der Waals surface area contributed by atoms with Gasteiger partial charge < -0.3 is 10.6 Å². The van der Waals surface area contributed by atoms with Crippen molar-refractivity contribution in [1.82, 2.24) is 4.90 Å². The van der Waals surface area contributed by atoms with Gasteiger partial charge in [0.05, 0.1) is 0 Å². The lowest BCUT2D eigenvalue weighted by Gasteiger charge is -2.18. The zero-order valence-corrected chi connectivity index (χ0v) is 9.17. The summed E-state index contributed by atoms with van der Waals surface area (Å²) in [5.74, 6) is 1.05. The number of rotatable bonds is 5. The fourth-order valence-electron chi connectivity index (χ4n) is 2.11. The second kappa shape index (κ2) is 6.02. The summed E-state index contributed by atoms with van der Waals surface area (Å²) in [6, 6.07) is 0. The molecule has 82 valence electrons. The molecule has 0 aromatic carbocycles. The fourth-order valence-corrected chi connectivity index (χ4v) is 2.11. The van der Waals surface area contributed by atoms with Gasteiger partial charge in [0.25, 0.3) is 0 Å². The Balaban J connectivity index is 2.13. The quantitative estimate of drug-likeness (QED) is 0.725. The molecule has 2 N–H and O–H groups in total. The van der Waals surface area contributed by atoms with Gasteiger partial charge in [0.2, 0.25) is 5.91 Å². The van der Waals surface area contributed by atoms with Gasteiger partial charge in [0.15, 0.2) is 0 Å². The summed E-state index contributed by atoms with van der Waals surface area (Å²) in [5, 5.41) is 0. The molecule has 0 aromatic rings. The average molecular weight is 198 g/mol. The summed E-state index contributed by atoms with van der Waals surface area (Å²) in [4.78, 5) is 13.2. The smallest absolute Gasteiger partial charge is 0.223 e. The fraction of sp³-hybridized carbons (Fsp3) is 0.909. The minimum absolute atomic E-state index is 0.186.